The molecule has 1 N–H and O–H groups in total. The number of rotatable bonds is 4. The van der Waals surface area contributed by atoms with Crippen molar-refractivity contribution in [2.24, 2.45) is 5.16 Å². The summed E-state index contributed by atoms with van der Waals surface area (Å²) in [5.41, 5.74) is 5.52. The van der Waals surface area contributed by atoms with Gasteiger partial charge in [0.2, 0.25) is 0 Å². The van der Waals surface area contributed by atoms with Gasteiger partial charge in [-0.15, -0.1) is 0 Å². The predicted octanol–water partition coefficient (Wildman–Crippen LogP) is 3.95. The Morgan fingerprint density at radius 1 is 1.05 bits per heavy atom. The molecule has 0 amide bonds. The van der Waals surface area contributed by atoms with E-state index < -0.39 is 0 Å². The molecule has 21 heavy (non-hydrogen) atoms. The summed E-state index contributed by atoms with van der Waals surface area (Å²) in [5, 5.41) is 12.3. The summed E-state index contributed by atoms with van der Waals surface area (Å²) in [6.07, 6.45) is 2.77. The van der Waals surface area contributed by atoms with Gasteiger partial charge in [-0.1, -0.05) is 36.3 Å². The van der Waals surface area contributed by atoms with Crippen LogP contribution in [0.4, 0.5) is 0 Å². The third-order valence-electron chi connectivity index (χ3n) is 3.98. The van der Waals surface area contributed by atoms with Gasteiger partial charge in [-0.3, -0.25) is 0 Å². The molecule has 0 bridgehead atoms. The lowest BCUT2D eigenvalue weighted by molar-refractivity contribution is 0.306. The van der Waals surface area contributed by atoms with Gasteiger partial charge in [-0.2, -0.15) is 0 Å². The predicted molar refractivity (Wildman–Crippen MR) is 83.2 cm³/mol. The number of aryl methyl sites for hydroxylation is 2. The monoisotopic (exact) mass is 281 g/mol. The van der Waals surface area contributed by atoms with Crippen LogP contribution in [-0.2, 0) is 19.4 Å². The van der Waals surface area contributed by atoms with E-state index in [4.69, 9.17) is 9.94 Å². The van der Waals surface area contributed by atoms with Gasteiger partial charge >= 0.3 is 0 Å². The van der Waals surface area contributed by atoms with Crippen molar-refractivity contribution in [3.8, 4) is 5.75 Å². The van der Waals surface area contributed by atoms with Gasteiger partial charge in [0.05, 0.1) is 5.71 Å². The molecule has 0 spiro atoms. The summed E-state index contributed by atoms with van der Waals surface area (Å²) in [7, 11) is 0. The van der Waals surface area contributed by atoms with Crippen molar-refractivity contribution in [3.63, 3.8) is 0 Å². The van der Waals surface area contributed by atoms with Gasteiger partial charge in [0.15, 0.2) is 0 Å². The maximum atomic E-state index is 8.93. The Bertz CT molecular complexity index is 659. The molecule has 3 heteroatoms. The molecule has 3 rings (SSSR count). The van der Waals surface area contributed by atoms with Gasteiger partial charge in [0.25, 0.3) is 0 Å². The number of oxime groups is 1. The van der Waals surface area contributed by atoms with Crippen molar-refractivity contribution >= 4 is 5.71 Å². The van der Waals surface area contributed by atoms with Gasteiger partial charge < -0.3 is 9.94 Å². The van der Waals surface area contributed by atoms with Gasteiger partial charge in [0, 0.05) is 5.56 Å². The number of benzene rings is 2. The van der Waals surface area contributed by atoms with Crippen LogP contribution < -0.4 is 4.74 Å². The zero-order valence-corrected chi connectivity index (χ0v) is 12.2. The minimum atomic E-state index is 0.573. The van der Waals surface area contributed by atoms with E-state index in [2.05, 4.69) is 36.3 Å². The van der Waals surface area contributed by atoms with Gasteiger partial charge in [-0.05, 0) is 54.2 Å². The molecule has 0 fully saturated rings. The first-order chi connectivity index (χ1) is 10.3. The molecule has 0 heterocycles. The topological polar surface area (TPSA) is 41.8 Å². The molecule has 3 nitrogen and oxygen atoms in total. The van der Waals surface area contributed by atoms with E-state index in [1.807, 2.05) is 18.2 Å². The van der Waals surface area contributed by atoms with Crippen LogP contribution in [0.3, 0.4) is 0 Å². The first-order valence-electron chi connectivity index (χ1n) is 7.35. The lowest BCUT2D eigenvalue weighted by atomic mass is 10.1. The normalized spacial score (nSPS) is 15.2. The fourth-order valence-corrected chi connectivity index (χ4v) is 2.68. The molecule has 0 saturated heterocycles. The largest absolute Gasteiger partial charge is 0.489 e. The Kier molecular flexibility index (Phi) is 3.91. The third-order valence-corrected chi connectivity index (χ3v) is 3.98. The van der Waals surface area contributed by atoms with Crippen molar-refractivity contribution in [3.05, 3.63) is 64.7 Å². The summed E-state index contributed by atoms with van der Waals surface area (Å²) in [6, 6.07) is 14.5. The highest BCUT2D eigenvalue weighted by Gasteiger charge is 2.18. The molecule has 0 unspecified atom stereocenters. The van der Waals surface area contributed by atoms with Crippen LogP contribution in [-0.4, -0.2) is 10.9 Å². The second-order valence-corrected chi connectivity index (χ2v) is 5.32. The summed E-state index contributed by atoms with van der Waals surface area (Å²) in [6.45, 7) is 2.73. The van der Waals surface area contributed by atoms with Crippen LogP contribution in [0, 0.1) is 0 Å². The van der Waals surface area contributed by atoms with Crippen molar-refractivity contribution in [2.75, 3.05) is 0 Å². The molecule has 0 aromatic heterocycles. The minimum Gasteiger partial charge on any atom is -0.489 e. The van der Waals surface area contributed by atoms with Crippen molar-refractivity contribution in [1.29, 1.82) is 0 Å². The van der Waals surface area contributed by atoms with Crippen molar-refractivity contribution < 1.29 is 9.94 Å². The van der Waals surface area contributed by atoms with Crippen LogP contribution in [0.2, 0.25) is 0 Å². The molecule has 0 radical (unpaired) electrons. The maximum Gasteiger partial charge on any atom is 0.120 e. The summed E-state index contributed by atoms with van der Waals surface area (Å²) < 4.78 is 5.86. The number of ether oxygens (including phenoxy) is 1. The van der Waals surface area contributed by atoms with Crippen LogP contribution in [0.1, 0.15) is 35.6 Å². The highest BCUT2D eigenvalue weighted by molar-refractivity contribution is 6.04. The Morgan fingerprint density at radius 2 is 1.81 bits per heavy atom. The highest BCUT2D eigenvalue weighted by atomic mass is 16.5. The average molecular weight is 281 g/mol. The van der Waals surface area contributed by atoms with Crippen LogP contribution in [0.15, 0.2) is 47.6 Å². The molecule has 1 aliphatic rings. The molecule has 0 atom stereocenters. The lowest BCUT2D eigenvalue weighted by Gasteiger charge is -2.08. The molecule has 0 saturated carbocycles. The molecule has 2 aromatic rings. The summed E-state index contributed by atoms with van der Waals surface area (Å²) in [4.78, 5) is 0. The van der Waals surface area contributed by atoms with Crippen molar-refractivity contribution in [2.45, 2.75) is 32.8 Å². The second kappa shape index (κ2) is 6.00. The maximum absolute atomic E-state index is 8.93. The number of hydrogen-bond acceptors (Lipinski definition) is 3. The van der Waals surface area contributed by atoms with Crippen LogP contribution in [0.5, 0.6) is 5.75 Å². The van der Waals surface area contributed by atoms with E-state index in [0.29, 0.717) is 6.61 Å². The fraction of sp³-hybridized carbons (Fsp3) is 0.278. The number of fused-ring (bicyclic) bond motifs is 1. The molecular formula is C18H19NO2. The van der Waals surface area contributed by atoms with E-state index >= 15 is 0 Å². The Morgan fingerprint density at radius 3 is 2.52 bits per heavy atom. The average Bonchev–Trinajstić information content (AvgIpc) is 2.95. The zero-order valence-electron chi connectivity index (χ0n) is 12.2. The third kappa shape index (κ3) is 2.92. The summed E-state index contributed by atoms with van der Waals surface area (Å²) in [5.74, 6) is 0.868. The molecular weight excluding hydrogens is 262 g/mol. The van der Waals surface area contributed by atoms with E-state index in [-0.39, 0.29) is 0 Å². The van der Waals surface area contributed by atoms with E-state index in [9.17, 15) is 0 Å². The SMILES string of the molecule is CCc1ccc(COc2ccc3c(c2)CC/C3=N\O)cc1. The van der Waals surface area contributed by atoms with Crippen molar-refractivity contribution in [1.82, 2.24) is 0 Å². The van der Waals surface area contributed by atoms with E-state index in [0.717, 1.165) is 36.3 Å². The standard InChI is InChI=1S/C18H19NO2/c1-2-13-3-5-14(6-4-13)12-21-16-8-9-17-15(11-16)7-10-18(17)19-20/h3-6,8-9,11,20H,2,7,10,12H2,1H3/b19-18+. The zero-order chi connectivity index (χ0) is 14.7. The summed E-state index contributed by atoms with van der Waals surface area (Å²) >= 11 is 0. The second-order valence-electron chi connectivity index (χ2n) is 5.32. The number of nitrogens with zero attached hydrogens (tertiary/aromatic N) is 1. The smallest absolute Gasteiger partial charge is 0.120 e. The van der Waals surface area contributed by atoms with Gasteiger partial charge in [0.1, 0.15) is 12.4 Å². The molecule has 108 valence electrons. The Hall–Kier alpha value is -2.29. The Balaban J connectivity index is 1.68. The van der Waals surface area contributed by atoms with Gasteiger partial charge in [-0.25, -0.2) is 0 Å². The molecule has 1 aliphatic carbocycles. The fourth-order valence-electron chi connectivity index (χ4n) is 2.68. The molecule has 0 aliphatic heterocycles. The quantitative estimate of drug-likeness (QED) is 0.681. The van der Waals surface area contributed by atoms with Crippen LogP contribution in [0.25, 0.3) is 0 Å². The Labute approximate surface area is 124 Å². The van der Waals surface area contributed by atoms with E-state index in [1.165, 1.54) is 16.7 Å². The highest BCUT2D eigenvalue weighted by Crippen LogP contribution is 2.27. The lowest BCUT2D eigenvalue weighted by Crippen LogP contribution is -1.97. The minimum absolute atomic E-state index is 0.573. The first kappa shape index (κ1) is 13.7. The number of hydrogen-bond donors (Lipinski definition) is 1. The van der Waals surface area contributed by atoms with Crippen LogP contribution >= 0.6 is 0 Å². The molecule has 2 aromatic carbocycles. The van der Waals surface area contributed by atoms with E-state index in [1.54, 1.807) is 0 Å². The first-order valence-corrected chi connectivity index (χ1v) is 7.35.